The summed E-state index contributed by atoms with van der Waals surface area (Å²) in [6.07, 6.45) is 0.885. The molecule has 0 radical (unpaired) electrons. The predicted molar refractivity (Wildman–Crippen MR) is 97.8 cm³/mol. The Balaban J connectivity index is 0.00000400. The zero-order chi connectivity index (χ0) is 14.5. The second-order valence-corrected chi connectivity index (χ2v) is 4.20. The van der Waals surface area contributed by atoms with Crippen LogP contribution in [0, 0.1) is 0 Å². The number of methoxy groups -OCH3 is 1. The van der Waals surface area contributed by atoms with Crippen LogP contribution in [-0.4, -0.2) is 45.9 Å². The third-order valence-corrected chi connectivity index (χ3v) is 2.53. The summed E-state index contributed by atoms with van der Waals surface area (Å²) in [6, 6.07) is 9.83. The van der Waals surface area contributed by atoms with E-state index in [9.17, 15) is 0 Å². The molecule has 0 unspecified atom stereocenters. The van der Waals surface area contributed by atoms with Crippen molar-refractivity contribution in [2.75, 3.05) is 40.0 Å². The Morgan fingerprint density at radius 3 is 2.57 bits per heavy atom. The van der Waals surface area contributed by atoms with Crippen LogP contribution in [0.25, 0.3) is 0 Å². The molecular weight excluding hydrogens is 381 g/mol. The number of nitrogens with one attached hydrogen (secondary N) is 2. The van der Waals surface area contributed by atoms with Gasteiger partial charge in [0, 0.05) is 33.2 Å². The lowest BCUT2D eigenvalue weighted by Gasteiger charge is -2.10. The van der Waals surface area contributed by atoms with Gasteiger partial charge in [-0.3, -0.25) is 4.99 Å². The third kappa shape index (κ3) is 10.4. The van der Waals surface area contributed by atoms with Crippen molar-refractivity contribution in [1.29, 1.82) is 0 Å². The molecule has 120 valence electrons. The topological polar surface area (TPSA) is 54.9 Å². The number of hydrogen-bond donors (Lipinski definition) is 2. The number of nitrogens with zero attached hydrogens (tertiary/aromatic N) is 1. The van der Waals surface area contributed by atoms with E-state index in [4.69, 9.17) is 9.47 Å². The van der Waals surface area contributed by atoms with E-state index in [0.717, 1.165) is 37.8 Å². The molecule has 0 heterocycles. The van der Waals surface area contributed by atoms with Crippen molar-refractivity contribution in [3.63, 3.8) is 0 Å². The molecule has 0 aromatic heterocycles. The van der Waals surface area contributed by atoms with E-state index in [1.54, 1.807) is 7.11 Å². The molecule has 0 fully saturated rings. The van der Waals surface area contributed by atoms with Gasteiger partial charge in [-0.25, -0.2) is 0 Å². The Kier molecular flexibility index (Phi) is 13.3. The quantitative estimate of drug-likeness (QED) is 0.286. The van der Waals surface area contributed by atoms with Crippen LogP contribution < -0.4 is 15.4 Å². The Labute approximate surface area is 144 Å². The molecule has 21 heavy (non-hydrogen) atoms. The summed E-state index contributed by atoms with van der Waals surface area (Å²) < 4.78 is 10.6. The van der Waals surface area contributed by atoms with E-state index in [-0.39, 0.29) is 24.0 Å². The second-order valence-electron chi connectivity index (χ2n) is 4.20. The highest BCUT2D eigenvalue weighted by atomic mass is 127. The number of aliphatic imine (C=N–C) groups is 1. The molecule has 1 aromatic rings. The van der Waals surface area contributed by atoms with Gasteiger partial charge in [0.2, 0.25) is 0 Å². The number of para-hydroxylation sites is 1. The van der Waals surface area contributed by atoms with Gasteiger partial charge < -0.3 is 20.1 Å². The predicted octanol–water partition coefficient (Wildman–Crippen LogP) is 2.28. The van der Waals surface area contributed by atoms with Gasteiger partial charge in [0.05, 0.1) is 13.2 Å². The van der Waals surface area contributed by atoms with Crippen molar-refractivity contribution in [2.45, 2.75) is 13.3 Å². The molecule has 6 heteroatoms. The van der Waals surface area contributed by atoms with E-state index in [2.05, 4.69) is 15.6 Å². The highest BCUT2D eigenvalue weighted by Gasteiger charge is 1.96. The number of rotatable bonds is 9. The smallest absolute Gasteiger partial charge is 0.191 e. The van der Waals surface area contributed by atoms with Crippen LogP contribution in [0.4, 0.5) is 0 Å². The van der Waals surface area contributed by atoms with Crippen molar-refractivity contribution in [3.8, 4) is 5.75 Å². The largest absolute Gasteiger partial charge is 0.494 e. The fraction of sp³-hybridized carbons (Fsp3) is 0.533. The minimum absolute atomic E-state index is 0. The van der Waals surface area contributed by atoms with Crippen LogP contribution in [0.5, 0.6) is 5.75 Å². The van der Waals surface area contributed by atoms with E-state index in [0.29, 0.717) is 13.2 Å². The highest BCUT2D eigenvalue weighted by Crippen LogP contribution is 2.08. The van der Waals surface area contributed by atoms with Crippen LogP contribution in [0.3, 0.4) is 0 Å². The third-order valence-electron chi connectivity index (χ3n) is 2.53. The molecule has 0 saturated heterocycles. The van der Waals surface area contributed by atoms with E-state index >= 15 is 0 Å². The molecule has 0 aliphatic rings. The molecule has 0 amide bonds. The molecular formula is C15H26IN3O2. The fourth-order valence-electron chi connectivity index (χ4n) is 1.58. The summed E-state index contributed by atoms with van der Waals surface area (Å²) in [5.41, 5.74) is 0. The lowest BCUT2D eigenvalue weighted by atomic mass is 10.3. The lowest BCUT2D eigenvalue weighted by Crippen LogP contribution is -2.39. The molecule has 2 N–H and O–H groups in total. The first-order valence-electron chi connectivity index (χ1n) is 7.05. The van der Waals surface area contributed by atoms with Crippen molar-refractivity contribution in [3.05, 3.63) is 30.3 Å². The summed E-state index contributed by atoms with van der Waals surface area (Å²) in [6.45, 7) is 5.72. The number of ether oxygens (including phenoxy) is 2. The van der Waals surface area contributed by atoms with Gasteiger partial charge in [0.25, 0.3) is 0 Å². The van der Waals surface area contributed by atoms with Crippen LogP contribution >= 0.6 is 24.0 Å². The summed E-state index contributed by atoms with van der Waals surface area (Å²) in [5.74, 6) is 1.73. The maximum atomic E-state index is 5.62. The van der Waals surface area contributed by atoms with Gasteiger partial charge in [-0.2, -0.15) is 0 Å². The second kappa shape index (κ2) is 13.9. The Morgan fingerprint density at radius 1 is 1.14 bits per heavy atom. The van der Waals surface area contributed by atoms with E-state index in [1.165, 1.54) is 0 Å². The lowest BCUT2D eigenvalue weighted by molar-refractivity contribution is 0.203. The van der Waals surface area contributed by atoms with Gasteiger partial charge in [0.15, 0.2) is 5.96 Å². The Morgan fingerprint density at radius 2 is 1.90 bits per heavy atom. The van der Waals surface area contributed by atoms with E-state index < -0.39 is 0 Å². The molecule has 0 bridgehead atoms. The maximum absolute atomic E-state index is 5.62. The fourth-order valence-corrected chi connectivity index (χ4v) is 1.58. The van der Waals surface area contributed by atoms with Crippen LogP contribution in [0.2, 0.25) is 0 Å². The van der Waals surface area contributed by atoms with E-state index in [1.807, 2.05) is 37.3 Å². The van der Waals surface area contributed by atoms with Gasteiger partial charge >= 0.3 is 0 Å². The molecule has 0 aliphatic carbocycles. The van der Waals surface area contributed by atoms with Crippen molar-refractivity contribution in [1.82, 2.24) is 10.6 Å². The SMILES string of the molecule is CCNC(=NCCCOc1ccccc1)NCCOC.I. The minimum atomic E-state index is 0. The van der Waals surface area contributed by atoms with Gasteiger partial charge in [-0.1, -0.05) is 18.2 Å². The zero-order valence-corrected chi connectivity index (χ0v) is 15.1. The first-order chi connectivity index (χ1) is 9.86. The monoisotopic (exact) mass is 407 g/mol. The van der Waals surface area contributed by atoms with Gasteiger partial charge in [-0.15, -0.1) is 24.0 Å². The molecule has 0 atom stereocenters. The summed E-state index contributed by atoms with van der Waals surface area (Å²) in [4.78, 5) is 4.48. The molecule has 0 aliphatic heterocycles. The van der Waals surface area contributed by atoms with Crippen molar-refractivity contribution in [2.24, 2.45) is 4.99 Å². The van der Waals surface area contributed by atoms with Crippen LogP contribution in [0.15, 0.2) is 35.3 Å². The Bertz CT molecular complexity index is 374. The summed E-state index contributed by atoms with van der Waals surface area (Å²) in [7, 11) is 1.69. The van der Waals surface area contributed by atoms with Crippen molar-refractivity contribution >= 4 is 29.9 Å². The molecule has 1 rings (SSSR count). The average molecular weight is 407 g/mol. The molecule has 1 aromatic carbocycles. The molecule has 0 saturated carbocycles. The highest BCUT2D eigenvalue weighted by molar-refractivity contribution is 14.0. The maximum Gasteiger partial charge on any atom is 0.191 e. The average Bonchev–Trinajstić information content (AvgIpc) is 2.48. The standard InChI is InChI=1S/C15H25N3O2.HI/c1-3-16-15(18-11-13-19-2)17-10-7-12-20-14-8-5-4-6-9-14;/h4-6,8-9H,3,7,10-13H2,1-2H3,(H2,16,17,18);1H. The summed E-state index contributed by atoms with van der Waals surface area (Å²) >= 11 is 0. The first kappa shape index (κ1) is 20.0. The summed E-state index contributed by atoms with van der Waals surface area (Å²) in [5, 5.41) is 6.40. The number of halogens is 1. The molecule has 5 nitrogen and oxygen atoms in total. The zero-order valence-electron chi connectivity index (χ0n) is 12.8. The van der Waals surface area contributed by atoms with Gasteiger partial charge in [-0.05, 0) is 19.1 Å². The van der Waals surface area contributed by atoms with Gasteiger partial charge in [0.1, 0.15) is 5.75 Å². The number of guanidine groups is 1. The Hall–Kier alpha value is -1.02. The van der Waals surface area contributed by atoms with Crippen LogP contribution in [-0.2, 0) is 4.74 Å². The number of hydrogen-bond acceptors (Lipinski definition) is 3. The number of benzene rings is 1. The first-order valence-corrected chi connectivity index (χ1v) is 7.05. The normalized spacial score (nSPS) is 10.7. The minimum Gasteiger partial charge on any atom is -0.494 e. The van der Waals surface area contributed by atoms with Crippen molar-refractivity contribution < 1.29 is 9.47 Å². The van der Waals surface area contributed by atoms with Crippen LogP contribution in [0.1, 0.15) is 13.3 Å². The molecule has 0 spiro atoms.